The number of nitrogens with one attached hydrogen (secondary N) is 2. The van der Waals surface area contributed by atoms with Gasteiger partial charge in [0, 0.05) is 17.7 Å². The van der Waals surface area contributed by atoms with Crippen LogP contribution in [-0.2, 0) is 17.5 Å². The lowest BCUT2D eigenvalue weighted by atomic mass is 9.92. The molecular formula is C19H29N5O. The van der Waals surface area contributed by atoms with Crippen molar-refractivity contribution in [3.8, 4) is 0 Å². The first kappa shape index (κ1) is 19.0. The Labute approximate surface area is 150 Å². The fourth-order valence-corrected chi connectivity index (χ4v) is 2.38. The van der Waals surface area contributed by atoms with Crippen LogP contribution >= 0.6 is 0 Å². The number of aryl methyl sites for hydroxylation is 1. The summed E-state index contributed by atoms with van der Waals surface area (Å²) in [6, 6.07) is 5.54. The minimum absolute atomic E-state index is 0.0888. The van der Waals surface area contributed by atoms with Crippen LogP contribution in [-0.4, -0.2) is 20.8 Å². The highest BCUT2D eigenvalue weighted by atomic mass is 16.2. The van der Waals surface area contributed by atoms with Gasteiger partial charge in [0.05, 0.1) is 23.5 Å². The quantitative estimate of drug-likeness (QED) is 0.886. The maximum atomic E-state index is 12.3. The van der Waals surface area contributed by atoms with Crippen LogP contribution < -0.4 is 10.6 Å². The fourth-order valence-electron chi connectivity index (χ4n) is 2.38. The van der Waals surface area contributed by atoms with E-state index < -0.39 is 0 Å². The molecule has 0 aromatic carbocycles. The van der Waals surface area contributed by atoms with Gasteiger partial charge in [0.1, 0.15) is 5.82 Å². The molecule has 0 spiro atoms. The van der Waals surface area contributed by atoms with Gasteiger partial charge < -0.3 is 5.32 Å². The molecule has 0 aliphatic heterocycles. The summed E-state index contributed by atoms with van der Waals surface area (Å²) in [5, 5.41) is 10.5. The van der Waals surface area contributed by atoms with Crippen LogP contribution in [0, 0.1) is 6.92 Å². The second kappa shape index (κ2) is 6.86. The zero-order valence-corrected chi connectivity index (χ0v) is 16.3. The third-order valence-corrected chi connectivity index (χ3v) is 3.89. The van der Waals surface area contributed by atoms with Gasteiger partial charge in [-0.1, -0.05) is 26.8 Å². The van der Waals surface area contributed by atoms with E-state index in [1.54, 1.807) is 6.20 Å². The van der Waals surface area contributed by atoms with E-state index in [2.05, 4.69) is 57.2 Å². The maximum absolute atomic E-state index is 12.3. The summed E-state index contributed by atoms with van der Waals surface area (Å²) in [4.78, 5) is 16.6. The average Bonchev–Trinajstić information content (AvgIpc) is 2.90. The Morgan fingerprint density at radius 2 is 1.88 bits per heavy atom. The second-order valence-electron chi connectivity index (χ2n) is 8.32. The molecule has 0 fully saturated rings. The first-order valence-electron chi connectivity index (χ1n) is 8.55. The molecule has 0 radical (unpaired) electrons. The number of anilines is 1. The lowest BCUT2D eigenvalue weighted by molar-refractivity contribution is 0.251. The summed E-state index contributed by atoms with van der Waals surface area (Å²) in [5.41, 5.74) is 2.53. The normalized spacial score (nSPS) is 12.1. The third kappa shape index (κ3) is 4.81. The molecule has 6 nitrogen and oxygen atoms in total. The van der Waals surface area contributed by atoms with Crippen LogP contribution in [0.2, 0.25) is 0 Å². The summed E-state index contributed by atoms with van der Waals surface area (Å²) in [7, 11) is 0. The van der Waals surface area contributed by atoms with E-state index >= 15 is 0 Å². The molecule has 0 aliphatic rings. The van der Waals surface area contributed by atoms with Crippen molar-refractivity contribution in [3.63, 3.8) is 0 Å². The number of hydrogen-bond acceptors (Lipinski definition) is 3. The lowest BCUT2D eigenvalue weighted by Crippen LogP contribution is -2.32. The molecule has 2 aromatic heterocycles. The van der Waals surface area contributed by atoms with E-state index in [-0.39, 0.29) is 17.0 Å². The minimum atomic E-state index is -0.268. The molecule has 2 rings (SSSR count). The van der Waals surface area contributed by atoms with Gasteiger partial charge in [-0.3, -0.25) is 10.3 Å². The van der Waals surface area contributed by atoms with Gasteiger partial charge in [-0.15, -0.1) is 0 Å². The van der Waals surface area contributed by atoms with Crippen molar-refractivity contribution in [2.75, 3.05) is 5.32 Å². The summed E-state index contributed by atoms with van der Waals surface area (Å²) in [5.74, 6) is 0.688. The molecule has 2 amide bonds. The molecule has 0 atom stereocenters. The molecule has 2 N–H and O–H groups in total. The Morgan fingerprint density at radius 3 is 2.44 bits per heavy atom. The SMILES string of the molecule is Cc1cccnc1CNC(=O)Nc1cc(C(C)(C)C)nn1C(C)(C)C. The van der Waals surface area contributed by atoms with E-state index in [1.807, 2.05) is 29.8 Å². The van der Waals surface area contributed by atoms with Gasteiger partial charge in [-0.2, -0.15) is 5.10 Å². The predicted octanol–water partition coefficient (Wildman–Crippen LogP) is 3.96. The van der Waals surface area contributed by atoms with E-state index in [4.69, 9.17) is 5.10 Å². The van der Waals surface area contributed by atoms with Crippen LogP contribution in [0.1, 0.15) is 58.5 Å². The molecule has 0 saturated heterocycles. The summed E-state index contributed by atoms with van der Waals surface area (Å²) in [6.07, 6.45) is 1.73. The number of amides is 2. The predicted molar refractivity (Wildman–Crippen MR) is 101 cm³/mol. The second-order valence-corrected chi connectivity index (χ2v) is 8.32. The number of pyridine rings is 1. The number of hydrogen-bond donors (Lipinski definition) is 2. The van der Waals surface area contributed by atoms with E-state index in [9.17, 15) is 4.79 Å². The Balaban J connectivity index is 2.14. The summed E-state index contributed by atoms with van der Waals surface area (Å²) < 4.78 is 1.86. The molecule has 25 heavy (non-hydrogen) atoms. The van der Waals surface area contributed by atoms with E-state index in [1.165, 1.54) is 0 Å². The smallest absolute Gasteiger partial charge is 0.320 e. The summed E-state index contributed by atoms with van der Waals surface area (Å²) in [6.45, 7) is 14.9. The molecule has 0 unspecified atom stereocenters. The van der Waals surface area contributed by atoms with Crippen molar-refractivity contribution in [2.45, 2.75) is 66.0 Å². The van der Waals surface area contributed by atoms with Crippen molar-refractivity contribution in [1.82, 2.24) is 20.1 Å². The minimum Gasteiger partial charge on any atom is -0.332 e. The highest BCUT2D eigenvalue weighted by Gasteiger charge is 2.25. The Bertz CT molecular complexity index is 750. The molecule has 2 aromatic rings. The number of nitrogens with zero attached hydrogens (tertiary/aromatic N) is 3. The van der Waals surface area contributed by atoms with Crippen molar-refractivity contribution >= 4 is 11.8 Å². The molecule has 0 bridgehead atoms. The van der Waals surface area contributed by atoms with Crippen LogP contribution in [0.3, 0.4) is 0 Å². The maximum Gasteiger partial charge on any atom is 0.320 e. The number of aromatic nitrogens is 3. The standard InChI is InChI=1S/C19H29N5O/c1-13-9-8-10-20-14(13)12-21-17(25)22-16-11-15(18(2,3)4)23-24(16)19(5,6)7/h8-11H,12H2,1-7H3,(H2,21,22,25). The van der Waals surface area contributed by atoms with Crippen LogP contribution in [0.25, 0.3) is 0 Å². The molecule has 2 heterocycles. The van der Waals surface area contributed by atoms with Crippen molar-refractivity contribution < 1.29 is 4.79 Å². The van der Waals surface area contributed by atoms with E-state index in [0.29, 0.717) is 12.4 Å². The number of rotatable bonds is 3. The molecular weight excluding hydrogens is 314 g/mol. The number of carbonyl (C=O) groups excluding carboxylic acids is 1. The van der Waals surface area contributed by atoms with Gasteiger partial charge in [0.25, 0.3) is 0 Å². The average molecular weight is 343 g/mol. The highest BCUT2D eigenvalue weighted by Crippen LogP contribution is 2.28. The number of urea groups is 1. The number of carbonyl (C=O) groups is 1. The molecule has 0 saturated carbocycles. The van der Waals surface area contributed by atoms with Gasteiger partial charge in [-0.05, 0) is 39.3 Å². The Kier molecular flexibility index (Phi) is 5.20. The topological polar surface area (TPSA) is 71.8 Å². The highest BCUT2D eigenvalue weighted by molar-refractivity contribution is 5.88. The Hall–Kier alpha value is -2.37. The van der Waals surface area contributed by atoms with Gasteiger partial charge >= 0.3 is 6.03 Å². The monoisotopic (exact) mass is 343 g/mol. The first-order valence-corrected chi connectivity index (χ1v) is 8.55. The van der Waals surface area contributed by atoms with E-state index in [0.717, 1.165) is 17.0 Å². The van der Waals surface area contributed by atoms with Crippen molar-refractivity contribution in [3.05, 3.63) is 41.3 Å². The fraction of sp³-hybridized carbons (Fsp3) is 0.526. The molecule has 0 aliphatic carbocycles. The summed E-state index contributed by atoms with van der Waals surface area (Å²) >= 11 is 0. The zero-order valence-electron chi connectivity index (χ0n) is 16.3. The van der Waals surface area contributed by atoms with Crippen molar-refractivity contribution in [1.29, 1.82) is 0 Å². The van der Waals surface area contributed by atoms with Crippen LogP contribution in [0.5, 0.6) is 0 Å². The first-order chi connectivity index (χ1) is 11.5. The van der Waals surface area contributed by atoms with Crippen LogP contribution in [0.15, 0.2) is 24.4 Å². The van der Waals surface area contributed by atoms with Gasteiger partial charge in [0.2, 0.25) is 0 Å². The van der Waals surface area contributed by atoms with Gasteiger partial charge in [0.15, 0.2) is 0 Å². The van der Waals surface area contributed by atoms with Crippen LogP contribution in [0.4, 0.5) is 10.6 Å². The molecule has 6 heteroatoms. The van der Waals surface area contributed by atoms with Gasteiger partial charge in [-0.25, -0.2) is 9.48 Å². The largest absolute Gasteiger partial charge is 0.332 e. The molecule has 136 valence electrons. The lowest BCUT2D eigenvalue weighted by Gasteiger charge is -2.23. The Morgan fingerprint density at radius 1 is 1.20 bits per heavy atom. The zero-order chi connectivity index (χ0) is 18.8. The van der Waals surface area contributed by atoms with Crippen molar-refractivity contribution in [2.24, 2.45) is 0 Å². The third-order valence-electron chi connectivity index (χ3n) is 3.89.